The number of nitrogens with one attached hydrogen (secondary N) is 4. The molecule has 220 valence electrons. The molecule has 1 aromatic heterocycles. The number of hydrogen-bond donors (Lipinski definition) is 5. The number of allylic oxidation sites excluding steroid dienone is 2. The SMILES string of the molecule is CC/C=C(/C=C\N(C)C)CN1CC(c2ccc(-c3cccc(N/C(=C/C(=N)N)C(C)=N)c3OC)cn2)C1.CNC=O. The summed E-state index contributed by atoms with van der Waals surface area (Å²) in [5.74, 6) is 0.948. The van der Waals surface area contributed by atoms with Crippen LogP contribution in [0.25, 0.3) is 11.1 Å². The highest BCUT2D eigenvalue weighted by atomic mass is 16.5. The highest BCUT2D eigenvalue weighted by molar-refractivity contribution is 6.05. The predicted octanol–water partition coefficient (Wildman–Crippen LogP) is 4.20. The molecule has 0 radical (unpaired) electrons. The van der Waals surface area contributed by atoms with Gasteiger partial charge in [0, 0.05) is 75.8 Å². The average Bonchev–Trinajstić information content (AvgIpc) is 2.92. The molecule has 1 saturated heterocycles. The molecule has 3 rings (SSSR count). The van der Waals surface area contributed by atoms with Crippen molar-refractivity contribution in [3.05, 3.63) is 77.9 Å². The van der Waals surface area contributed by atoms with Gasteiger partial charge in [0.25, 0.3) is 0 Å². The van der Waals surface area contributed by atoms with Gasteiger partial charge < -0.3 is 31.4 Å². The van der Waals surface area contributed by atoms with Crippen LogP contribution in [0.1, 0.15) is 31.9 Å². The summed E-state index contributed by atoms with van der Waals surface area (Å²) < 4.78 is 5.74. The van der Waals surface area contributed by atoms with E-state index in [0.29, 0.717) is 29.5 Å². The lowest BCUT2D eigenvalue weighted by Crippen LogP contribution is -2.45. The Kier molecular flexibility index (Phi) is 13.3. The van der Waals surface area contributed by atoms with Crippen molar-refractivity contribution < 1.29 is 9.53 Å². The van der Waals surface area contributed by atoms with Crippen molar-refractivity contribution in [1.82, 2.24) is 20.1 Å². The Labute approximate surface area is 244 Å². The summed E-state index contributed by atoms with van der Waals surface area (Å²) in [5.41, 5.74) is 11.2. The highest BCUT2D eigenvalue weighted by Gasteiger charge is 2.29. The van der Waals surface area contributed by atoms with Gasteiger partial charge in [-0.2, -0.15) is 0 Å². The van der Waals surface area contributed by atoms with Gasteiger partial charge in [-0.3, -0.25) is 20.1 Å². The Morgan fingerprint density at radius 1 is 1.24 bits per heavy atom. The first-order chi connectivity index (χ1) is 19.6. The van der Waals surface area contributed by atoms with E-state index in [1.54, 1.807) is 21.1 Å². The van der Waals surface area contributed by atoms with Gasteiger partial charge in [0.05, 0.1) is 24.2 Å². The van der Waals surface area contributed by atoms with Crippen molar-refractivity contribution in [3.8, 4) is 16.9 Å². The summed E-state index contributed by atoms with van der Waals surface area (Å²) in [6, 6.07) is 9.98. The van der Waals surface area contributed by atoms with E-state index in [1.165, 1.54) is 11.6 Å². The zero-order chi connectivity index (χ0) is 30.4. The number of benzene rings is 1. The van der Waals surface area contributed by atoms with Crippen LogP contribution in [0.2, 0.25) is 0 Å². The molecule has 1 aliphatic heterocycles. The molecular weight excluding hydrogens is 516 g/mol. The second kappa shape index (κ2) is 16.6. The van der Waals surface area contributed by atoms with Gasteiger partial charge in [-0.1, -0.05) is 31.2 Å². The Bertz CT molecular complexity index is 1260. The van der Waals surface area contributed by atoms with Crippen LogP contribution in [0.4, 0.5) is 5.69 Å². The van der Waals surface area contributed by atoms with E-state index in [0.717, 1.165) is 42.9 Å². The van der Waals surface area contributed by atoms with Crippen molar-refractivity contribution >= 4 is 23.6 Å². The maximum absolute atomic E-state index is 9.06. The standard InChI is InChI=1S/C29H39N7O.C2H5NO/c1-6-8-21(13-14-35(3)4)17-36-18-23(19-36)25-12-11-22(16-33-25)24-9-7-10-26(29(24)37-5)34-27(20(2)30)15-28(31)32;1-3-2-4/h7-16,23,30,34H,6,17-19H2,1-5H3,(H3,31,32);2H,1H3,(H,3,4)/b14-13-,21-8-,27-15+,30-20?;. The fraction of sp³-hybridized carbons (Fsp3) is 0.355. The Balaban J connectivity index is 0.00000138. The van der Waals surface area contributed by atoms with Gasteiger partial charge in [0.15, 0.2) is 0 Å². The first kappa shape index (κ1) is 32.8. The molecule has 41 heavy (non-hydrogen) atoms. The summed E-state index contributed by atoms with van der Waals surface area (Å²) in [5, 5.41) is 21.0. The number of amides is 1. The Morgan fingerprint density at radius 2 is 1.95 bits per heavy atom. The lowest BCUT2D eigenvalue weighted by atomic mass is 9.94. The molecule has 10 heteroatoms. The summed E-state index contributed by atoms with van der Waals surface area (Å²) in [6.07, 6.45) is 11.6. The van der Waals surface area contributed by atoms with Crippen LogP contribution in [0.5, 0.6) is 5.75 Å². The molecule has 0 spiro atoms. The molecule has 10 nitrogen and oxygen atoms in total. The number of anilines is 1. The van der Waals surface area contributed by atoms with Crippen molar-refractivity contribution in [2.45, 2.75) is 26.2 Å². The molecule has 1 fully saturated rings. The van der Waals surface area contributed by atoms with Gasteiger partial charge in [-0.15, -0.1) is 0 Å². The number of rotatable bonds is 13. The normalized spacial score (nSPS) is 14.0. The molecule has 6 N–H and O–H groups in total. The molecule has 0 bridgehead atoms. The van der Waals surface area contributed by atoms with Crippen LogP contribution in [0.15, 0.2) is 72.2 Å². The summed E-state index contributed by atoms with van der Waals surface area (Å²) in [4.78, 5) is 18.4. The molecule has 1 aliphatic rings. The molecule has 2 heterocycles. The monoisotopic (exact) mass is 560 g/mol. The van der Waals surface area contributed by atoms with Crippen LogP contribution in [-0.4, -0.2) is 80.6 Å². The quantitative estimate of drug-likeness (QED) is 0.107. The second-order valence-corrected chi connectivity index (χ2v) is 9.89. The minimum Gasteiger partial charge on any atom is -0.494 e. The number of hydrogen-bond acceptors (Lipinski definition) is 8. The van der Waals surface area contributed by atoms with E-state index in [-0.39, 0.29) is 11.5 Å². The number of nitrogens with two attached hydrogens (primary N) is 1. The van der Waals surface area contributed by atoms with Gasteiger partial charge in [0.1, 0.15) is 11.6 Å². The number of para-hydroxylation sites is 1. The smallest absolute Gasteiger partial charge is 0.206 e. The largest absolute Gasteiger partial charge is 0.494 e. The number of carbonyl (C=O) groups excluding carboxylic acids is 1. The number of ether oxygens (including phenoxy) is 1. The fourth-order valence-electron chi connectivity index (χ4n) is 4.26. The van der Waals surface area contributed by atoms with E-state index in [1.807, 2.05) is 38.5 Å². The summed E-state index contributed by atoms with van der Waals surface area (Å²) in [6.45, 7) is 6.77. The molecule has 1 amide bonds. The van der Waals surface area contributed by atoms with E-state index in [4.69, 9.17) is 31.1 Å². The Morgan fingerprint density at radius 3 is 2.46 bits per heavy atom. The number of pyridine rings is 1. The van der Waals surface area contributed by atoms with Gasteiger partial charge >= 0.3 is 0 Å². The van der Waals surface area contributed by atoms with Crippen LogP contribution >= 0.6 is 0 Å². The minimum atomic E-state index is -0.124. The second-order valence-electron chi connectivity index (χ2n) is 9.89. The lowest BCUT2D eigenvalue weighted by molar-refractivity contribution is -0.109. The highest BCUT2D eigenvalue weighted by Crippen LogP contribution is 2.37. The van der Waals surface area contributed by atoms with Gasteiger partial charge in [-0.05, 0) is 43.3 Å². The number of nitrogens with zero attached hydrogens (tertiary/aromatic N) is 3. The van der Waals surface area contributed by atoms with Crippen LogP contribution in [-0.2, 0) is 4.79 Å². The first-order valence-electron chi connectivity index (χ1n) is 13.5. The molecule has 1 aromatic carbocycles. The van der Waals surface area contributed by atoms with Gasteiger partial charge in [0.2, 0.25) is 6.41 Å². The molecule has 0 atom stereocenters. The third-order valence-corrected chi connectivity index (χ3v) is 6.24. The molecular formula is C31H44N8O2. The third kappa shape index (κ3) is 10.2. The zero-order valence-electron chi connectivity index (χ0n) is 25.0. The summed E-state index contributed by atoms with van der Waals surface area (Å²) in [7, 11) is 7.26. The molecule has 0 saturated carbocycles. The van der Waals surface area contributed by atoms with Crippen LogP contribution < -0.4 is 21.1 Å². The van der Waals surface area contributed by atoms with Crippen molar-refractivity contribution in [1.29, 1.82) is 10.8 Å². The first-order valence-corrected chi connectivity index (χ1v) is 13.5. The zero-order valence-corrected chi connectivity index (χ0v) is 25.0. The molecule has 0 aliphatic carbocycles. The van der Waals surface area contributed by atoms with Crippen molar-refractivity contribution in [3.63, 3.8) is 0 Å². The predicted molar refractivity (Wildman–Crippen MR) is 169 cm³/mol. The van der Waals surface area contributed by atoms with E-state index < -0.39 is 0 Å². The third-order valence-electron chi connectivity index (χ3n) is 6.24. The minimum absolute atomic E-state index is 0.124. The number of methoxy groups -OCH3 is 1. The lowest BCUT2D eigenvalue weighted by Gasteiger charge is -2.39. The number of amidine groups is 1. The maximum atomic E-state index is 9.06. The van der Waals surface area contributed by atoms with Gasteiger partial charge in [-0.25, -0.2) is 0 Å². The topological polar surface area (TPSA) is 143 Å². The number of carbonyl (C=O) groups is 1. The van der Waals surface area contributed by atoms with Crippen LogP contribution in [0.3, 0.4) is 0 Å². The van der Waals surface area contributed by atoms with E-state index in [9.17, 15) is 0 Å². The van der Waals surface area contributed by atoms with E-state index in [2.05, 4.69) is 57.8 Å². The van der Waals surface area contributed by atoms with Crippen molar-refractivity contribution in [2.75, 3.05) is 53.2 Å². The molecule has 0 unspecified atom stereocenters. The molecule has 2 aromatic rings. The van der Waals surface area contributed by atoms with Crippen molar-refractivity contribution in [2.24, 2.45) is 5.73 Å². The van der Waals surface area contributed by atoms with Crippen LogP contribution in [0, 0.1) is 10.8 Å². The van der Waals surface area contributed by atoms with E-state index >= 15 is 0 Å². The summed E-state index contributed by atoms with van der Waals surface area (Å²) >= 11 is 0. The number of aromatic nitrogens is 1. The fourth-order valence-corrected chi connectivity index (χ4v) is 4.26. The average molecular weight is 561 g/mol. The number of likely N-dealkylation sites (tertiary alicyclic amines) is 1. The maximum Gasteiger partial charge on any atom is 0.206 e. The Hall–Kier alpha value is -4.44.